The summed E-state index contributed by atoms with van der Waals surface area (Å²) in [5, 5.41) is 14.1. The van der Waals surface area contributed by atoms with E-state index in [-0.39, 0.29) is 19.1 Å². The van der Waals surface area contributed by atoms with Crippen LogP contribution >= 0.6 is 0 Å². The summed E-state index contributed by atoms with van der Waals surface area (Å²) in [5.74, 6) is -0.857. The minimum absolute atomic E-state index is 0.0405. The summed E-state index contributed by atoms with van der Waals surface area (Å²) in [6.45, 7) is 5.58. The van der Waals surface area contributed by atoms with Crippen LogP contribution in [0.1, 0.15) is 24.2 Å². The second-order valence-corrected chi connectivity index (χ2v) is 6.31. The van der Waals surface area contributed by atoms with Gasteiger partial charge in [0.1, 0.15) is 0 Å². The highest BCUT2D eigenvalue weighted by Gasteiger charge is 2.29. The van der Waals surface area contributed by atoms with Gasteiger partial charge in [-0.2, -0.15) is 5.10 Å². The number of carboxylic acids is 1. The van der Waals surface area contributed by atoms with Crippen LogP contribution in [0.3, 0.4) is 0 Å². The Bertz CT molecular complexity index is 771. The predicted octanol–water partition coefficient (Wildman–Crippen LogP) is 1.01. The molecule has 0 aliphatic carbocycles. The van der Waals surface area contributed by atoms with E-state index in [1.807, 2.05) is 4.68 Å². The number of aliphatic carboxylic acids is 1. The molecule has 2 aromatic heterocycles. The number of ether oxygens (including phenoxy) is 1. The second-order valence-electron chi connectivity index (χ2n) is 6.31. The highest BCUT2D eigenvalue weighted by molar-refractivity contribution is 5.97. The summed E-state index contributed by atoms with van der Waals surface area (Å²) in [6, 6.07) is 1.75. The zero-order valence-corrected chi connectivity index (χ0v) is 13.7. The molecule has 1 atom stereocenters. The summed E-state index contributed by atoms with van der Waals surface area (Å²) in [4.78, 5) is 29.5. The number of hydrogen-bond acceptors (Lipinski definition) is 5. The van der Waals surface area contributed by atoms with Gasteiger partial charge in [-0.3, -0.25) is 4.79 Å². The third kappa shape index (κ3) is 3.23. The van der Waals surface area contributed by atoms with E-state index < -0.39 is 12.1 Å². The fourth-order valence-corrected chi connectivity index (χ4v) is 2.73. The number of carbonyl (C=O) groups excluding carboxylic acids is 1. The molecule has 24 heavy (non-hydrogen) atoms. The molecule has 1 saturated heterocycles. The maximum absolute atomic E-state index is 12.6. The van der Waals surface area contributed by atoms with E-state index in [0.717, 1.165) is 17.6 Å². The number of pyridine rings is 1. The fraction of sp³-hybridized carbons (Fsp3) is 0.500. The van der Waals surface area contributed by atoms with Crippen molar-refractivity contribution in [3.8, 4) is 0 Å². The number of amides is 1. The Labute approximate surface area is 139 Å². The largest absolute Gasteiger partial charge is 0.479 e. The summed E-state index contributed by atoms with van der Waals surface area (Å²) >= 11 is 0. The van der Waals surface area contributed by atoms with Crippen LogP contribution in [0.4, 0.5) is 0 Å². The van der Waals surface area contributed by atoms with Crippen molar-refractivity contribution in [2.75, 3.05) is 19.7 Å². The predicted molar refractivity (Wildman–Crippen MR) is 85.6 cm³/mol. The molecule has 128 valence electrons. The highest BCUT2D eigenvalue weighted by Crippen LogP contribution is 2.17. The molecule has 1 fully saturated rings. The summed E-state index contributed by atoms with van der Waals surface area (Å²) in [6.07, 6.45) is 2.24. The molecular formula is C16H20N4O4. The summed E-state index contributed by atoms with van der Waals surface area (Å²) < 4.78 is 6.97. The van der Waals surface area contributed by atoms with Gasteiger partial charge in [0.05, 0.1) is 24.9 Å². The van der Waals surface area contributed by atoms with Crippen LogP contribution in [-0.2, 0) is 16.1 Å². The minimum atomic E-state index is -1.06. The number of rotatable bonds is 4. The van der Waals surface area contributed by atoms with E-state index in [1.54, 1.807) is 12.3 Å². The Morgan fingerprint density at radius 1 is 1.42 bits per heavy atom. The van der Waals surface area contributed by atoms with Crippen molar-refractivity contribution in [1.82, 2.24) is 19.7 Å². The molecule has 1 N–H and O–H groups in total. The molecule has 1 aliphatic rings. The third-order valence-corrected chi connectivity index (χ3v) is 3.89. The molecule has 2 aromatic rings. The molecule has 0 unspecified atom stereocenters. The van der Waals surface area contributed by atoms with Crippen LogP contribution in [0.5, 0.6) is 0 Å². The molecule has 0 saturated carbocycles. The van der Waals surface area contributed by atoms with Gasteiger partial charge in [-0.1, -0.05) is 13.8 Å². The van der Waals surface area contributed by atoms with Crippen molar-refractivity contribution >= 4 is 22.9 Å². The molecule has 1 aliphatic heterocycles. The molecule has 0 bridgehead atoms. The van der Waals surface area contributed by atoms with E-state index in [0.29, 0.717) is 18.0 Å². The van der Waals surface area contributed by atoms with Crippen LogP contribution in [0, 0.1) is 5.92 Å². The van der Waals surface area contributed by atoms with Gasteiger partial charge in [-0.15, -0.1) is 0 Å². The number of morpholine rings is 1. The van der Waals surface area contributed by atoms with Crippen LogP contribution < -0.4 is 0 Å². The van der Waals surface area contributed by atoms with Crippen molar-refractivity contribution in [1.29, 1.82) is 0 Å². The van der Waals surface area contributed by atoms with Crippen molar-refractivity contribution in [3.63, 3.8) is 0 Å². The number of hydrogen-bond donors (Lipinski definition) is 1. The first-order chi connectivity index (χ1) is 11.5. The van der Waals surface area contributed by atoms with Gasteiger partial charge in [0, 0.05) is 24.7 Å². The molecular weight excluding hydrogens is 312 g/mol. The molecule has 0 aromatic carbocycles. The van der Waals surface area contributed by atoms with Gasteiger partial charge in [0.2, 0.25) is 0 Å². The Balaban J connectivity index is 1.81. The van der Waals surface area contributed by atoms with Crippen LogP contribution in [0.15, 0.2) is 18.5 Å². The lowest BCUT2D eigenvalue weighted by atomic mass is 10.2. The lowest BCUT2D eigenvalue weighted by Gasteiger charge is -2.30. The Morgan fingerprint density at radius 3 is 2.92 bits per heavy atom. The van der Waals surface area contributed by atoms with Gasteiger partial charge in [-0.25, -0.2) is 14.5 Å². The van der Waals surface area contributed by atoms with Gasteiger partial charge < -0.3 is 14.7 Å². The van der Waals surface area contributed by atoms with Crippen LogP contribution in [-0.4, -0.2) is 62.4 Å². The molecule has 3 heterocycles. The fourth-order valence-electron chi connectivity index (χ4n) is 2.73. The van der Waals surface area contributed by atoms with E-state index in [2.05, 4.69) is 23.9 Å². The number of fused-ring (bicyclic) bond motifs is 1. The maximum atomic E-state index is 12.6. The quantitative estimate of drug-likeness (QED) is 0.897. The molecule has 3 rings (SSSR count). The SMILES string of the molecule is CC(C)Cn1ncc2cc(C(=O)N3CCO[C@@H](C(=O)O)C3)cnc21. The van der Waals surface area contributed by atoms with Crippen molar-refractivity contribution in [2.24, 2.45) is 5.92 Å². The molecule has 8 nitrogen and oxygen atoms in total. The van der Waals surface area contributed by atoms with Gasteiger partial charge >= 0.3 is 5.97 Å². The standard InChI is InChI=1S/C16H20N4O4/c1-10(2)8-20-14-11(7-18-20)5-12(6-17-14)15(21)19-3-4-24-13(9-19)16(22)23/h5-7,10,13H,3-4,8-9H2,1-2H3,(H,22,23)/t13-/m1/s1. The van der Waals surface area contributed by atoms with E-state index in [9.17, 15) is 9.59 Å². The minimum Gasteiger partial charge on any atom is -0.479 e. The average molecular weight is 332 g/mol. The van der Waals surface area contributed by atoms with Gasteiger partial charge in [0.25, 0.3) is 5.91 Å². The van der Waals surface area contributed by atoms with Crippen molar-refractivity contribution in [2.45, 2.75) is 26.5 Å². The highest BCUT2D eigenvalue weighted by atomic mass is 16.5. The summed E-state index contributed by atoms with van der Waals surface area (Å²) in [5.41, 5.74) is 1.17. The topological polar surface area (TPSA) is 97.6 Å². The zero-order chi connectivity index (χ0) is 17.3. The first-order valence-electron chi connectivity index (χ1n) is 7.91. The normalized spacial score (nSPS) is 18.3. The Morgan fingerprint density at radius 2 is 2.21 bits per heavy atom. The van der Waals surface area contributed by atoms with Gasteiger partial charge in [0.15, 0.2) is 11.8 Å². The van der Waals surface area contributed by atoms with Crippen molar-refractivity contribution < 1.29 is 19.4 Å². The zero-order valence-electron chi connectivity index (χ0n) is 13.7. The summed E-state index contributed by atoms with van der Waals surface area (Å²) in [7, 11) is 0. The van der Waals surface area contributed by atoms with Crippen molar-refractivity contribution in [3.05, 3.63) is 24.0 Å². The maximum Gasteiger partial charge on any atom is 0.334 e. The molecule has 1 amide bonds. The van der Waals surface area contributed by atoms with E-state index in [4.69, 9.17) is 9.84 Å². The number of carbonyl (C=O) groups is 2. The van der Waals surface area contributed by atoms with E-state index >= 15 is 0 Å². The second kappa shape index (κ2) is 6.56. The van der Waals surface area contributed by atoms with E-state index in [1.165, 1.54) is 11.1 Å². The number of carboxylic acid groups (broad SMARTS) is 1. The first kappa shape index (κ1) is 16.4. The third-order valence-electron chi connectivity index (χ3n) is 3.89. The Hall–Kier alpha value is -2.48. The lowest BCUT2D eigenvalue weighted by molar-refractivity contribution is -0.154. The number of nitrogens with zero attached hydrogens (tertiary/aromatic N) is 4. The monoisotopic (exact) mass is 332 g/mol. The molecule has 0 spiro atoms. The Kier molecular flexibility index (Phi) is 4.48. The number of aromatic nitrogens is 3. The lowest BCUT2D eigenvalue weighted by Crippen LogP contribution is -2.48. The average Bonchev–Trinajstić information content (AvgIpc) is 2.95. The molecule has 0 radical (unpaired) electrons. The van der Waals surface area contributed by atoms with Crippen LogP contribution in [0.25, 0.3) is 11.0 Å². The van der Waals surface area contributed by atoms with Gasteiger partial charge in [-0.05, 0) is 12.0 Å². The smallest absolute Gasteiger partial charge is 0.334 e. The first-order valence-corrected chi connectivity index (χ1v) is 7.91. The molecule has 8 heteroatoms. The van der Waals surface area contributed by atoms with Crippen LogP contribution in [0.2, 0.25) is 0 Å².